The summed E-state index contributed by atoms with van der Waals surface area (Å²) in [6.07, 6.45) is 2.72. The van der Waals surface area contributed by atoms with Gasteiger partial charge in [0.1, 0.15) is 9.84 Å². The van der Waals surface area contributed by atoms with Gasteiger partial charge in [0.15, 0.2) is 5.78 Å². The number of carbonyl (C=O) groups is 1. The molecule has 0 saturated heterocycles. The number of carbonyl (C=O) groups excluding carboxylic acids is 1. The van der Waals surface area contributed by atoms with Crippen molar-refractivity contribution in [1.29, 1.82) is 0 Å². The fourth-order valence-corrected chi connectivity index (χ4v) is 2.57. The van der Waals surface area contributed by atoms with Crippen LogP contribution in [0.4, 0.5) is 0 Å². The van der Waals surface area contributed by atoms with Gasteiger partial charge in [0.2, 0.25) is 0 Å². The Morgan fingerprint density at radius 2 is 2.05 bits per heavy atom. The summed E-state index contributed by atoms with van der Waals surface area (Å²) in [7, 11) is -3.12. The van der Waals surface area contributed by atoms with Gasteiger partial charge >= 0.3 is 0 Å². The molecule has 0 radical (unpaired) electrons. The molecule has 5 nitrogen and oxygen atoms in total. The molecule has 6 heteroatoms. The van der Waals surface area contributed by atoms with Crippen LogP contribution in [0.3, 0.4) is 0 Å². The fraction of sp³-hybridized carbons (Fsp3) is 0.286. The van der Waals surface area contributed by atoms with Crippen LogP contribution < -0.4 is 5.73 Å². The fourth-order valence-electron chi connectivity index (χ4n) is 1.89. The van der Waals surface area contributed by atoms with Crippen molar-refractivity contribution in [2.75, 3.05) is 12.0 Å². The zero-order valence-corrected chi connectivity index (χ0v) is 11.9. The van der Waals surface area contributed by atoms with Crippen molar-refractivity contribution >= 4 is 26.5 Å². The molecule has 0 aliphatic carbocycles. The zero-order valence-electron chi connectivity index (χ0n) is 11.1. The van der Waals surface area contributed by atoms with Crippen molar-refractivity contribution in [3.8, 4) is 0 Å². The van der Waals surface area contributed by atoms with Gasteiger partial charge in [0.05, 0.1) is 17.3 Å². The molecule has 0 fully saturated rings. The Morgan fingerprint density at radius 3 is 2.75 bits per heavy atom. The predicted octanol–water partition coefficient (Wildman–Crippen LogP) is 1.18. The molecule has 2 aromatic rings. The first-order chi connectivity index (χ1) is 9.37. The molecule has 1 unspecified atom stereocenters. The van der Waals surface area contributed by atoms with E-state index in [-0.39, 0.29) is 18.0 Å². The van der Waals surface area contributed by atoms with Gasteiger partial charge in [-0.3, -0.25) is 9.78 Å². The maximum atomic E-state index is 12.1. The van der Waals surface area contributed by atoms with Crippen LogP contribution in [0.5, 0.6) is 0 Å². The molecule has 0 aliphatic heterocycles. The van der Waals surface area contributed by atoms with Gasteiger partial charge in [0.25, 0.3) is 0 Å². The van der Waals surface area contributed by atoms with Crippen LogP contribution in [0.25, 0.3) is 10.9 Å². The molecule has 2 rings (SSSR count). The Morgan fingerprint density at radius 1 is 1.35 bits per heavy atom. The highest BCUT2D eigenvalue weighted by Gasteiger charge is 2.18. The predicted molar refractivity (Wildman–Crippen MR) is 78.4 cm³/mol. The van der Waals surface area contributed by atoms with Crippen molar-refractivity contribution in [2.24, 2.45) is 5.73 Å². The lowest BCUT2D eigenvalue weighted by molar-refractivity contribution is 0.0959. The molecule has 1 aromatic carbocycles. The first kappa shape index (κ1) is 14.6. The number of pyridine rings is 1. The van der Waals surface area contributed by atoms with Gasteiger partial charge in [-0.15, -0.1) is 0 Å². The van der Waals surface area contributed by atoms with E-state index in [4.69, 9.17) is 5.73 Å². The SMILES string of the molecule is CS(=O)(=O)CCC(N)C(=O)c1cnc2ccccc2c1. The van der Waals surface area contributed by atoms with E-state index in [0.717, 1.165) is 17.2 Å². The average Bonchev–Trinajstić information content (AvgIpc) is 2.42. The maximum Gasteiger partial charge on any atom is 0.181 e. The number of benzene rings is 1. The molecule has 1 atom stereocenters. The van der Waals surface area contributed by atoms with E-state index in [9.17, 15) is 13.2 Å². The van der Waals surface area contributed by atoms with Gasteiger partial charge < -0.3 is 5.73 Å². The lowest BCUT2D eigenvalue weighted by atomic mass is 10.0. The minimum absolute atomic E-state index is 0.0963. The zero-order chi connectivity index (χ0) is 14.8. The highest BCUT2D eigenvalue weighted by Crippen LogP contribution is 2.14. The van der Waals surface area contributed by atoms with E-state index in [1.165, 1.54) is 6.20 Å². The summed E-state index contributed by atoms with van der Waals surface area (Å²) in [6.45, 7) is 0. The standard InChI is InChI=1S/C14H16N2O3S/c1-20(18,19)7-6-12(15)14(17)11-8-10-4-2-3-5-13(10)16-9-11/h2-5,8-9,12H,6-7,15H2,1H3. The lowest BCUT2D eigenvalue weighted by Gasteiger charge is -2.10. The van der Waals surface area contributed by atoms with Gasteiger partial charge in [0, 0.05) is 23.4 Å². The monoisotopic (exact) mass is 292 g/mol. The number of sulfone groups is 1. The number of fused-ring (bicyclic) bond motifs is 1. The molecule has 0 amide bonds. The molecular formula is C14H16N2O3S. The first-order valence-electron chi connectivity index (χ1n) is 6.19. The third-order valence-corrected chi connectivity index (χ3v) is 3.99. The highest BCUT2D eigenvalue weighted by atomic mass is 32.2. The smallest absolute Gasteiger partial charge is 0.181 e. The summed E-state index contributed by atoms with van der Waals surface area (Å²) >= 11 is 0. The van der Waals surface area contributed by atoms with Crippen molar-refractivity contribution in [2.45, 2.75) is 12.5 Å². The average molecular weight is 292 g/mol. The third-order valence-electron chi connectivity index (χ3n) is 3.01. The summed E-state index contributed by atoms with van der Waals surface area (Å²) in [5.74, 6) is -0.382. The summed E-state index contributed by atoms with van der Waals surface area (Å²) in [5, 5.41) is 0.855. The van der Waals surface area contributed by atoms with E-state index in [0.29, 0.717) is 5.56 Å². The van der Waals surface area contributed by atoms with Gasteiger partial charge in [-0.1, -0.05) is 18.2 Å². The number of hydrogen-bond donors (Lipinski definition) is 1. The number of Topliss-reactive ketones (excluding diaryl/α,β-unsaturated/α-hetero) is 1. The molecule has 20 heavy (non-hydrogen) atoms. The Hall–Kier alpha value is -1.79. The Kier molecular flexibility index (Phi) is 4.15. The molecule has 2 N–H and O–H groups in total. The number of nitrogens with zero attached hydrogens (tertiary/aromatic N) is 1. The Bertz CT molecular complexity index is 741. The molecule has 0 saturated carbocycles. The van der Waals surface area contributed by atoms with Crippen molar-refractivity contribution in [1.82, 2.24) is 4.98 Å². The van der Waals surface area contributed by atoms with Crippen LogP contribution in [0.2, 0.25) is 0 Å². The van der Waals surface area contributed by atoms with Crippen LogP contribution >= 0.6 is 0 Å². The van der Waals surface area contributed by atoms with E-state index in [2.05, 4.69) is 4.98 Å². The molecule has 1 heterocycles. The number of nitrogens with two attached hydrogens (primary N) is 1. The molecular weight excluding hydrogens is 276 g/mol. The van der Waals surface area contributed by atoms with Gasteiger partial charge in [-0.25, -0.2) is 8.42 Å². The van der Waals surface area contributed by atoms with E-state index < -0.39 is 15.9 Å². The highest BCUT2D eigenvalue weighted by molar-refractivity contribution is 7.90. The lowest BCUT2D eigenvalue weighted by Crippen LogP contribution is -2.32. The maximum absolute atomic E-state index is 12.1. The molecule has 1 aromatic heterocycles. The van der Waals surface area contributed by atoms with Crippen molar-refractivity contribution in [3.05, 3.63) is 42.1 Å². The van der Waals surface area contributed by atoms with Gasteiger partial charge in [-0.05, 0) is 18.6 Å². The second kappa shape index (κ2) is 5.68. The Balaban J connectivity index is 2.18. The largest absolute Gasteiger partial charge is 0.321 e. The normalized spacial score (nSPS) is 13.3. The Labute approximate surface area is 117 Å². The van der Waals surface area contributed by atoms with Crippen LogP contribution in [0.15, 0.2) is 36.5 Å². The minimum atomic E-state index is -3.12. The van der Waals surface area contributed by atoms with Crippen LogP contribution in [0.1, 0.15) is 16.8 Å². The van der Waals surface area contributed by atoms with E-state index in [1.807, 2.05) is 24.3 Å². The van der Waals surface area contributed by atoms with E-state index >= 15 is 0 Å². The molecule has 0 aliphatic rings. The number of aromatic nitrogens is 1. The van der Waals surface area contributed by atoms with Crippen molar-refractivity contribution in [3.63, 3.8) is 0 Å². The van der Waals surface area contributed by atoms with Crippen molar-refractivity contribution < 1.29 is 13.2 Å². The van der Waals surface area contributed by atoms with Crippen LogP contribution in [0, 0.1) is 0 Å². The second-order valence-electron chi connectivity index (χ2n) is 4.81. The summed E-state index contributed by atoms with van der Waals surface area (Å²) in [4.78, 5) is 16.3. The quantitative estimate of drug-likeness (QED) is 0.836. The number of rotatable bonds is 5. The molecule has 0 bridgehead atoms. The third kappa shape index (κ3) is 3.61. The number of hydrogen-bond acceptors (Lipinski definition) is 5. The first-order valence-corrected chi connectivity index (χ1v) is 8.25. The summed E-state index contributed by atoms with van der Waals surface area (Å²) in [6, 6.07) is 8.35. The van der Waals surface area contributed by atoms with Crippen LogP contribution in [-0.4, -0.2) is 37.2 Å². The summed E-state index contributed by atoms with van der Waals surface area (Å²) in [5.41, 5.74) is 6.97. The number of para-hydroxylation sites is 1. The molecule has 0 spiro atoms. The topological polar surface area (TPSA) is 90.1 Å². The molecule has 106 valence electrons. The van der Waals surface area contributed by atoms with Crippen LogP contribution in [-0.2, 0) is 9.84 Å². The second-order valence-corrected chi connectivity index (χ2v) is 7.07. The number of ketones is 1. The minimum Gasteiger partial charge on any atom is -0.321 e. The van der Waals surface area contributed by atoms with Gasteiger partial charge in [-0.2, -0.15) is 0 Å². The summed E-state index contributed by atoms with van der Waals surface area (Å²) < 4.78 is 22.2. The van der Waals surface area contributed by atoms with E-state index in [1.54, 1.807) is 6.07 Å².